The average molecular weight is 334 g/mol. The van der Waals surface area contributed by atoms with Gasteiger partial charge in [-0.1, -0.05) is 40.2 Å². The van der Waals surface area contributed by atoms with Gasteiger partial charge in [0.15, 0.2) is 0 Å². The van der Waals surface area contributed by atoms with Crippen LogP contribution in [0.2, 0.25) is 0 Å². The summed E-state index contributed by atoms with van der Waals surface area (Å²) < 4.78 is 6.38. The number of hydrogen-bond acceptors (Lipinski definition) is 2. The maximum absolute atomic E-state index is 5.27. The molecule has 3 heteroatoms. The molecule has 106 valence electrons. The van der Waals surface area contributed by atoms with Gasteiger partial charge in [-0.15, -0.1) is 0 Å². The molecule has 0 aromatic heterocycles. The summed E-state index contributed by atoms with van der Waals surface area (Å²) in [5.41, 5.74) is 2.51. The van der Waals surface area contributed by atoms with E-state index >= 15 is 0 Å². The van der Waals surface area contributed by atoms with Gasteiger partial charge in [0.25, 0.3) is 0 Å². The zero-order valence-corrected chi connectivity index (χ0v) is 13.6. The molecule has 2 nitrogen and oxygen atoms in total. The van der Waals surface area contributed by atoms with Gasteiger partial charge < -0.3 is 10.1 Å². The van der Waals surface area contributed by atoms with Crippen molar-refractivity contribution in [2.45, 2.75) is 25.9 Å². The molecule has 1 N–H and O–H groups in total. The normalized spacial score (nSPS) is 13.8. The molecular formula is C17H20BrNO. The Bertz CT molecular complexity index is 553. The van der Waals surface area contributed by atoms with Crippen molar-refractivity contribution < 1.29 is 4.74 Å². The van der Waals surface area contributed by atoms with Crippen LogP contribution in [0.5, 0.6) is 5.75 Å². The largest absolute Gasteiger partial charge is 0.497 e. The van der Waals surface area contributed by atoms with Crippen LogP contribution in [0.25, 0.3) is 0 Å². The molecule has 2 aromatic carbocycles. The van der Waals surface area contributed by atoms with E-state index in [1.807, 2.05) is 12.1 Å². The minimum absolute atomic E-state index is 0.267. The summed E-state index contributed by atoms with van der Waals surface area (Å²) in [6.07, 6.45) is 0. The Hall–Kier alpha value is -1.32. The third-order valence-corrected chi connectivity index (χ3v) is 3.99. The third-order valence-electron chi connectivity index (χ3n) is 3.46. The maximum Gasteiger partial charge on any atom is 0.119 e. The highest BCUT2D eigenvalue weighted by Crippen LogP contribution is 2.23. The Kier molecular flexibility index (Phi) is 5.21. The number of halogens is 1. The third kappa shape index (κ3) is 3.84. The van der Waals surface area contributed by atoms with Gasteiger partial charge in [-0.25, -0.2) is 0 Å². The fraction of sp³-hybridized carbons (Fsp3) is 0.294. The fourth-order valence-corrected chi connectivity index (χ4v) is 2.49. The number of ether oxygens (including phenoxy) is 1. The minimum atomic E-state index is 0.267. The van der Waals surface area contributed by atoms with Gasteiger partial charge in [0.1, 0.15) is 5.75 Å². The average Bonchev–Trinajstić information content (AvgIpc) is 2.47. The lowest BCUT2D eigenvalue weighted by molar-refractivity contribution is 0.412. The van der Waals surface area contributed by atoms with Gasteiger partial charge in [0.05, 0.1) is 7.11 Å². The van der Waals surface area contributed by atoms with Crippen LogP contribution in [-0.2, 0) is 0 Å². The number of benzene rings is 2. The SMILES string of the molecule is COc1cccc([C@@H](C)NC(C)c2ccc(Br)cc2)c1. The molecule has 20 heavy (non-hydrogen) atoms. The van der Waals surface area contributed by atoms with Crippen molar-refractivity contribution in [2.75, 3.05) is 7.11 Å². The van der Waals surface area contributed by atoms with E-state index in [2.05, 4.69) is 71.5 Å². The Morgan fingerprint density at radius 1 is 0.950 bits per heavy atom. The molecule has 0 heterocycles. The van der Waals surface area contributed by atoms with Crippen molar-refractivity contribution in [1.82, 2.24) is 5.32 Å². The lowest BCUT2D eigenvalue weighted by atomic mass is 10.0. The topological polar surface area (TPSA) is 21.3 Å². The number of nitrogens with one attached hydrogen (secondary N) is 1. The lowest BCUT2D eigenvalue weighted by Crippen LogP contribution is -2.22. The van der Waals surface area contributed by atoms with Gasteiger partial charge in [0.2, 0.25) is 0 Å². The molecule has 0 fully saturated rings. The lowest BCUT2D eigenvalue weighted by Gasteiger charge is -2.21. The van der Waals surface area contributed by atoms with Gasteiger partial charge in [-0.2, -0.15) is 0 Å². The highest BCUT2D eigenvalue weighted by atomic mass is 79.9. The first-order valence-electron chi connectivity index (χ1n) is 6.75. The van der Waals surface area contributed by atoms with E-state index in [0.717, 1.165) is 10.2 Å². The first-order chi connectivity index (χ1) is 9.60. The van der Waals surface area contributed by atoms with E-state index in [0.29, 0.717) is 6.04 Å². The molecule has 1 unspecified atom stereocenters. The van der Waals surface area contributed by atoms with Crippen LogP contribution in [0.3, 0.4) is 0 Å². The van der Waals surface area contributed by atoms with E-state index < -0.39 is 0 Å². The van der Waals surface area contributed by atoms with Crippen molar-refractivity contribution in [3.8, 4) is 5.75 Å². The highest BCUT2D eigenvalue weighted by molar-refractivity contribution is 9.10. The molecule has 0 aliphatic heterocycles. The van der Waals surface area contributed by atoms with Gasteiger partial charge >= 0.3 is 0 Å². The van der Waals surface area contributed by atoms with E-state index in [1.54, 1.807) is 7.11 Å². The Balaban J connectivity index is 2.06. The highest BCUT2D eigenvalue weighted by Gasteiger charge is 2.11. The molecule has 2 aromatic rings. The second kappa shape index (κ2) is 6.91. The van der Waals surface area contributed by atoms with E-state index in [4.69, 9.17) is 4.74 Å². The zero-order valence-electron chi connectivity index (χ0n) is 12.1. The quantitative estimate of drug-likeness (QED) is 0.842. The Labute approximate surface area is 129 Å². The first-order valence-corrected chi connectivity index (χ1v) is 7.55. The molecular weight excluding hydrogens is 314 g/mol. The predicted molar refractivity (Wildman–Crippen MR) is 87.1 cm³/mol. The van der Waals surface area contributed by atoms with Gasteiger partial charge in [-0.05, 0) is 49.2 Å². The molecule has 0 spiro atoms. The van der Waals surface area contributed by atoms with Crippen LogP contribution in [0, 0.1) is 0 Å². The summed E-state index contributed by atoms with van der Waals surface area (Å²) in [7, 11) is 1.70. The smallest absolute Gasteiger partial charge is 0.119 e. The minimum Gasteiger partial charge on any atom is -0.497 e. The van der Waals surface area contributed by atoms with Gasteiger partial charge in [-0.3, -0.25) is 0 Å². The summed E-state index contributed by atoms with van der Waals surface area (Å²) in [5.74, 6) is 0.896. The van der Waals surface area contributed by atoms with Crippen LogP contribution in [-0.4, -0.2) is 7.11 Å². The van der Waals surface area contributed by atoms with Crippen LogP contribution in [0.15, 0.2) is 53.0 Å². The van der Waals surface area contributed by atoms with Crippen molar-refractivity contribution in [3.63, 3.8) is 0 Å². The molecule has 2 rings (SSSR count). The second-order valence-electron chi connectivity index (χ2n) is 4.94. The number of methoxy groups -OCH3 is 1. The van der Waals surface area contributed by atoms with Crippen molar-refractivity contribution >= 4 is 15.9 Å². The second-order valence-corrected chi connectivity index (χ2v) is 5.85. The fourth-order valence-electron chi connectivity index (χ4n) is 2.23. The molecule has 0 amide bonds. The summed E-state index contributed by atoms with van der Waals surface area (Å²) in [6, 6.07) is 17.2. The number of hydrogen-bond donors (Lipinski definition) is 1. The summed E-state index contributed by atoms with van der Waals surface area (Å²) in [5, 5.41) is 3.61. The molecule has 0 radical (unpaired) electrons. The zero-order chi connectivity index (χ0) is 14.5. The van der Waals surface area contributed by atoms with Crippen molar-refractivity contribution in [2.24, 2.45) is 0 Å². The monoisotopic (exact) mass is 333 g/mol. The van der Waals surface area contributed by atoms with Crippen LogP contribution in [0.4, 0.5) is 0 Å². The summed E-state index contributed by atoms with van der Waals surface area (Å²) in [6.45, 7) is 4.35. The molecule has 2 atom stereocenters. The van der Waals surface area contributed by atoms with Crippen molar-refractivity contribution in [3.05, 3.63) is 64.1 Å². The maximum atomic E-state index is 5.27. The van der Waals surface area contributed by atoms with Crippen molar-refractivity contribution in [1.29, 1.82) is 0 Å². The van der Waals surface area contributed by atoms with Crippen LogP contribution in [0.1, 0.15) is 37.1 Å². The standard InChI is InChI=1S/C17H20BrNO/c1-12(14-7-9-16(18)10-8-14)19-13(2)15-5-4-6-17(11-15)20-3/h4-13,19H,1-3H3/t12?,13-/m1/s1. The number of rotatable bonds is 5. The molecule has 0 aliphatic rings. The van der Waals surface area contributed by atoms with Crippen LogP contribution >= 0.6 is 15.9 Å². The molecule has 0 saturated carbocycles. The van der Waals surface area contributed by atoms with Crippen LogP contribution < -0.4 is 10.1 Å². The first kappa shape index (κ1) is 15.1. The Morgan fingerprint density at radius 2 is 1.60 bits per heavy atom. The van der Waals surface area contributed by atoms with E-state index in [-0.39, 0.29) is 6.04 Å². The Morgan fingerprint density at radius 3 is 2.25 bits per heavy atom. The van der Waals surface area contributed by atoms with Gasteiger partial charge in [0, 0.05) is 16.6 Å². The molecule has 0 bridgehead atoms. The summed E-state index contributed by atoms with van der Waals surface area (Å²) >= 11 is 3.46. The molecule has 0 aliphatic carbocycles. The van der Waals surface area contributed by atoms with E-state index in [9.17, 15) is 0 Å². The molecule has 0 saturated heterocycles. The predicted octanol–water partition coefficient (Wildman–Crippen LogP) is 4.87. The summed E-state index contributed by atoms with van der Waals surface area (Å²) in [4.78, 5) is 0. The van der Waals surface area contributed by atoms with E-state index in [1.165, 1.54) is 11.1 Å².